The third-order valence-electron chi connectivity index (χ3n) is 3.82. The molecule has 0 spiro atoms. The van der Waals surface area contributed by atoms with Gasteiger partial charge in [-0.1, -0.05) is 19.4 Å². The van der Waals surface area contributed by atoms with Crippen molar-refractivity contribution >= 4 is 0 Å². The Morgan fingerprint density at radius 3 is 3.00 bits per heavy atom. The summed E-state index contributed by atoms with van der Waals surface area (Å²) in [6.07, 6.45) is 9.32. The second-order valence-electron chi connectivity index (χ2n) is 5.30. The van der Waals surface area contributed by atoms with E-state index in [1.54, 1.807) is 0 Å². The lowest BCUT2D eigenvalue weighted by atomic mass is 9.89. The van der Waals surface area contributed by atoms with Crippen LogP contribution in [0.4, 0.5) is 0 Å². The molecule has 2 rings (SSSR count). The van der Waals surface area contributed by atoms with Gasteiger partial charge < -0.3 is 5.32 Å². The molecule has 94 valence electrons. The van der Waals surface area contributed by atoms with Gasteiger partial charge in [-0.3, -0.25) is 4.98 Å². The summed E-state index contributed by atoms with van der Waals surface area (Å²) >= 11 is 0. The highest BCUT2D eigenvalue weighted by atomic mass is 14.9. The number of hydrogen-bond acceptors (Lipinski definition) is 2. The summed E-state index contributed by atoms with van der Waals surface area (Å²) in [5.41, 5.74) is 2.74. The highest BCUT2D eigenvalue weighted by Gasteiger charge is 2.28. The Morgan fingerprint density at radius 1 is 1.35 bits per heavy atom. The molecule has 1 heterocycles. The second-order valence-corrected chi connectivity index (χ2v) is 5.30. The molecule has 17 heavy (non-hydrogen) atoms. The fourth-order valence-electron chi connectivity index (χ4n) is 2.97. The monoisotopic (exact) mass is 232 g/mol. The minimum Gasteiger partial charge on any atom is -0.316 e. The SMILES string of the molecule is CCCNCC1CCCC1c1cncc(C)c1. The van der Waals surface area contributed by atoms with Gasteiger partial charge in [0.1, 0.15) is 0 Å². The second kappa shape index (κ2) is 6.15. The zero-order chi connectivity index (χ0) is 12.1. The molecule has 2 unspecified atom stereocenters. The van der Waals surface area contributed by atoms with E-state index in [1.165, 1.54) is 43.4 Å². The average Bonchev–Trinajstić information content (AvgIpc) is 2.78. The fraction of sp³-hybridized carbons (Fsp3) is 0.667. The first-order chi connectivity index (χ1) is 8.31. The average molecular weight is 232 g/mol. The zero-order valence-corrected chi connectivity index (χ0v) is 11.1. The van der Waals surface area contributed by atoms with Crippen molar-refractivity contribution < 1.29 is 0 Å². The molecule has 0 amide bonds. The first kappa shape index (κ1) is 12.6. The summed E-state index contributed by atoms with van der Waals surface area (Å²) in [6.45, 7) is 6.68. The minimum absolute atomic E-state index is 0.728. The van der Waals surface area contributed by atoms with Gasteiger partial charge in [-0.25, -0.2) is 0 Å². The maximum absolute atomic E-state index is 4.34. The topological polar surface area (TPSA) is 24.9 Å². The molecular formula is C15H24N2. The molecule has 1 saturated carbocycles. The van der Waals surface area contributed by atoms with E-state index in [9.17, 15) is 0 Å². The maximum Gasteiger partial charge on any atom is 0.0303 e. The molecule has 1 aromatic heterocycles. The molecular weight excluding hydrogens is 208 g/mol. The molecule has 2 atom stereocenters. The highest BCUT2D eigenvalue weighted by Crippen LogP contribution is 2.39. The largest absolute Gasteiger partial charge is 0.316 e. The van der Waals surface area contributed by atoms with Gasteiger partial charge >= 0.3 is 0 Å². The van der Waals surface area contributed by atoms with E-state index in [0.29, 0.717) is 0 Å². The third kappa shape index (κ3) is 3.29. The van der Waals surface area contributed by atoms with E-state index < -0.39 is 0 Å². The molecule has 0 aromatic carbocycles. The Labute approximate surface area is 105 Å². The Hall–Kier alpha value is -0.890. The Bertz CT molecular complexity index is 349. The van der Waals surface area contributed by atoms with Crippen molar-refractivity contribution in [2.75, 3.05) is 13.1 Å². The van der Waals surface area contributed by atoms with E-state index in [0.717, 1.165) is 18.4 Å². The normalized spacial score (nSPS) is 24.1. The van der Waals surface area contributed by atoms with Crippen LogP contribution >= 0.6 is 0 Å². The Morgan fingerprint density at radius 2 is 2.24 bits per heavy atom. The molecule has 0 bridgehead atoms. The van der Waals surface area contributed by atoms with Crippen molar-refractivity contribution in [3.63, 3.8) is 0 Å². The van der Waals surface area contributed by atoms with Crippen LogP contribution in [0, 0.1) is 12.8 Å². The van der Waals surface area contributed by atoms with Crippen LogP contribution in [0.5, 0.6) is 0 Å². The van der Waals surface area contributed by atoms with Gasteiger partial charge in [0.2, 0.25) is 0 Å². The lowest BCUT2D eigenvalue weighted by molar-refractivity contribution is 0.444. The number of hydrogen-bond donors (Lipinski definition) is 1. The van der Waals surface area contributed by atoms with Crippen LogP contribution in [0.25, 0.3) is 0 Å². The van der Waals surface area contributed by atoms with Gasteiger partial charge in [0.15, 0.2) is 0 Å². The van der Waals surface area contributed by atoms with Gasteiger partial charge in [-0.2, -0.15) is 0 Å². The van der Waals surface area contributed by atoms with Crippen molar-refractivity contribution in [3.8, 4) is 0 Å². The van der Waals surface area contributed by atoms with E-state index in [-0.39, 0.29) is 0 Å². The molecule has 1 aromatic rings. The van der Waals surface area contributed by atoms with Crippen LogP contribution in [-0.2, 0) is 0 Å². The van der Waals surface area contributed by atoms with Crippen LogP contribution in [0.15, 0.2) is 18.5 Å². The minimum atomic E-state index is 0.728. The summed E-state index contributed by atoms with van der Waals surface area (Å²) in [6, 6.07) is 2.32. The zero-order valence-electron chi connectivity index (χ0n) is 11.1. The van der Waals surface area contributed by atoms with Crippen LogP contribution in [0.3, 0.4) is 0 Å². The van der Waals surface area contributed by atoms with Crippen LogP contribution in [0.2, 0.25) is 0 Å². The molecule has 0 radical (unpaired) electrons. The smallest absolute Gasteiger partial charge is 0.0303 e. The summed E-state index contributed by atoms with van der Waals surface area (Å²) in [4.78, 5) is 4.34. The molecule has 1 fully saturated rings. The maximum atomic E-state index is 4.34. The van der Waals surface area contributed by atoms with Crippen LogP contribution in [-0.4, -0.2) is 18.1 Å². The predicted molar refractivity (Wildman–Crippen MR) is 72.2 cm³/mol. The van der Waals surface area contributed by atoms with Gasteiger partial charge in [0, 0.05) is 12.4 Å². The third-order valence-corrected chi connectivity index (χ3v) is 3.82. The Balaban J connectivity index is 1.99. The molecule has 1 aliphatic rings. The number of aromatic nitrogens is 1. The van der Waals surface area contributed by atoms with Crippen molar-refractivity contribution in [1.29, 1.82) is 0 Å². The van der Waals surface area contributed by atoms with E-state index in [4.69, 9.17) is 0 Å². The van der Waals surface area contributed by atoms with E-state index in [1.807, 2.05) is 6.20 Å². The fourth-order valence-corrected chi connectivity index (χ4v) is 2.97. The summed E-state index contributed by atoms with van der Waals surface area (Å²) in [5, 5.41) is 3.57. The van der Waals surface area contributed by atoms with Crippen molar-refractivity contribution in [3.05, 3.63) is 29.6 Å². The standard InChI is InChI=1S/C15H24N2/c1-3-7-16-10-13-5-4-6-15(13)14-8-12(2)9-17-11-14/h8-9,11,13,15-16H,3-7,10H2,1-2H3. The number of pyridine rings is 1. The van der Waals surface area contributed by atoms with Crippen molar-refractivity contribution in [2.45, 2.75) is 45.4 Å². The highest BCUT2D eigenvalue weighted by molar-refractivity contribution is 5.22. The van der Waals surface area contributed by atoms with Gasteiger partial charge in [0.05, 0.1) is 0 Å². The molecule has 0 saturated heterocycles. The van der Waals surface area contributed by atoms with Crippen LogP contribution in [0.1, 0.15) is 49.7 Å². The molecule has 2 heteroatoms. The first-order valence-corrected chi connectivity index (χ1v) is 6.93. The lowest BCUT2D eigenvalue weighted by Gasteiger charge is -2.20. The molecule has 0 aliphatic heterocycles. The van der Waals surface area contributed by atoms with Crippen LogP contribution < -0.4 is 5.32 Å². The van der Waals surface area contributed by atoms with Crippen molar-refractivity contribution in [2.24, 2.45) is 5.92 Å². The molecule has 1 aliphatic carbocycles. The Kier molecular flexibility index (Phi) is 4.55. The predicted octanol–water partition coefficient (Wildman–Crippen LogP) is 3.27. The summed E-state index contributed by atoms with van der Waals surface area (Å²) in [5.74, 6) is 1.54. The van der Waals surface area contributed by atoms with Gasteiger partial charge in [-0.05, 0) is 62.2 Å². The quantitative estimate of drug-likeness (QED) is 0.788. The number of rotatable bonds is 5. The van der Waals surface area contributed by atoms with Gasteiger partial charge in [-0.15, -0.1) is 0 Å². The van der Waals surface area contributed by atoms with Crippen molar-refractivity contribution in [1.82, 2.24) is 10.3 Å². The summed E-state index contributed by atoms with van der Waals surface area (Å²) in [7, 11) is 0. The van der Waals surface area contributed by atoms with E-state index >= 15 is 0 Å². The van der Waals surface area contributed by atoms with Gasteiger partial charge in [0.25, 0.3) is 0 Å². The molecule has 1 N–H and O–H groups in total. The lowest BCUT2D eigenvalue weighted by Crippen LogP contribution is -2.25. The number of nitrogens with zero attached hydrogens (tertiary/aromatic N) is 1. The molecule has 2 nitrogen and oxygen atoms in total. The first-order valence-electron chi connectivity index (χ1n) is 6.93. The number of aryl methyl sites for hydroxylation is 1. The number of nitrogens with one attached hydrogen (secondary N) is 1. The summed E-state index contributed by atoms with van der Waals surface area (Å²) < 4.78 is 0. The van der Waals surface area contributed by atoms with E-state index in [2.05, 4.69) is 36.4 Å².